The van der Waals surface area contributed by atoms with E-state index in [1.807, 2.05) is 0 Å². The molecular weight excluding hydrogens is 328 g/mol. The minimum Gasteiger partial charge on any atom is -0.376 e. The fourth-order valence-corrected chi connectivity index (χ4v) is 3.63. The quantitative estimate of drug-likeness (QED) is 0.732. The molecule has 2 saturated carbocycles. The van der Waals surface area contributed by atoms with Crippen molar-refractivity contribution in [3.8, 4) is 0 Å². The molecule has 26 heavy (non-hydrogen) atoms. The van der Waals surface area contributed by atoms with Gasteiger partial charge in [-0.25, -0.2) is 0 Å². The van der Waals surface area contributed by atoms with Crippen LogP contribution in [0.5, 0.6) is 0 Å². The summed E-state index contributed by atoms with van der Waals surface area (Å²) in [7, 11) is 0. The predicted octanol–water partition coefficient (Wildman–Crippen LogP) is 3.61. The van der Waals surface area contributed by atoms with Gasteiger partial charge in [-0.1, -0.05) is 26.7 Å². The average molecular weight is 358 g/mol. The SMILES string of the molecule is CC1CCCCC1OCCNC(=O)c1ccc(NC(=O)C2CC2C)cc1. The Balaban J connectivity index is 1.38. The highest BCUT2D eigenvalue weighted by Crippen LogP contribution is 2.38. The molecular formula is C21H30N2O3. The first kappa shape index (κ1) is 18.9. The Kier molecular flexibility index (Phi) is 6.30. The molecule has 4 unspecified atom stereocenters. The molecule has 0 radical (unpaired) electrons. The Morgan fingerprint density at radius 3 is 2.42 bits per heavy atom. The Labute approximate surface area is 155 Å². The van der Waals surface area contributed by atoms with Crippen LogP contribution in [0.4, 0.5) is 5.69 Å². The van der Waals surface area contributed by atoms with Crippen molar-refractivity contribution in [1.82, 2.24) is 5.32 Å². The van der Waals surface area contributed by atoms with E-state index in [0.29, 0.717) is 36.7 Å². The number of amides is 2. The summed E-state index contributed by atoms with van der Waals surface area (Å²) in [5.41, 5.74) is 1.33. The van der Waals surface area contributed by atoms with Crippen LogP contribution in [0.15, 0.2) is 24.3 Å². The number of rotatable bonds is 7. The van der Waals surface area contributed by atoms with E-state index >= 15 is 0 Å². The summed E-state index contributed by atoms with van der Waals surface area (Å²) in [6, 6.07) is 7.04. The maximum atomic E-state index is 12.2. The minimum absolute atomic E-state index is 0.0730. The average Bonchev–Trinajstić information content (AvgIpc) is 3.37. The van der Waals surface area contributed by atoms with Crippen molar-refractivity contribution in [2.24, 2.45) is 17.8 Å². The Bertz CT molecular complexity index is 629. The van der Waals surface area contributed by atoms with Gasteiger partial charge in [-0.3, -0.25) is 9.59 Å². The Hall–Kier alpha value is -1.88. The lowest BCUT2D eigenvalue weighted by Gasteiger charge is -2.28. The first-order valence-electron chi connectivity index (χ1n) is 9.85. The summed E-state index contributed by atoms with van der Waals surface area (Å²) in [4.78, 5) is 24.1. The summed E-state index contributed by atoms with van der Waals surface area (Å²) >= 11 is 0. The van der Waals surface area contributed by atoms with Crippen LogP contribution >= 0.6 is 0 Å². The number of hydrogen-bond donors (Lipinski definition) is 2. The number of benzene rings is 1. The van der Waals surface area contributed by atoms with Crippen LogP contribution in [0.1, 0.15) is 56.3 Å². The van der Waals surface area contributed by atoms with Crippen LogP contribution in [0.25, 0.3) is 0 Å². The lowest BCUT2D eigenvalue weighted by molar-refractivity contribution is -0.117. The van der Waals surface area contributed by atoms with Crippen molar-refractivity contribution >= 4 is 17.5 Å². The van der Waals surface area contributed by atoms with Gasteiger partial charge in [0, 0.05) is 23.7 Å². The summed E-state index contributed by atoms with van der Waals surface area (Å²) < 4.78 is 5.92. The van der Waals surface area contributed by atoms with Gasteiger partial charge in [0.2, 0.25) is 5.91 Å². The highest BCUT2D eigenvalue weighted by Gasteiger charge is 2.39. The summed E-state index contributed by atoms with van der Waals surface area (Å²) in [6.07, 6.45) is 6.20. The van der Waals surface area contributed by atoms with E-state index < -0.39 is 0 Å². The molecule has 2 amide bonds. The van der Waals surface area contributed by atoms with E-state index in [1.165, 1.54) is 19.3 Å². The zero-order valence-corrected chi connectivity index (χ0v) is 15.8. The zero-order valence-electron chi connectivity index (χ0n) is 15.8. The van der Waals surface area contributed by atoms with Gasteiger partial charge in [-0.2, -0.15) is 0 Å². The van der Waals surface area contributed by atoms with Crippen LogP contribution in [-0.2, 0) is 9.53 Å². The first-order chi connectivity index (χ1) is 12.5. The molecule has 142 valence electrons. The van der Waals surface area contributed by atoms with Crippen LogP contribution in [0.3, 0.4) is 0 Å². The largest absolute Gasteiger partial charge is 0.376 e. The second-order valence-corrected chi connectivity index (χ2v) is 7.81. The summed E-state index contributed by atoms with van der Waals surface area (Å²) in [6.45, 7) is 5.39. The van der Waals surface area contributed by atoms with Crippen molar-refractivity contribution in [2.75, 3.05) is 18.5 Å². The molecule has 0 aliphatic heterocycles. The molecule has 2 aliphatic carbocycles. The fraction of sp³-hybridized carbons (Fsp3) is 0.619. The van der Waals surface area contributed by atoms with Crippen LogP contribution in [0.2, 0.25) is 0 Å². The minimum atomic E-state index is -0.112. The van der Waals surface area contributed by atoms with Gasteiger partial charge >= 0.3 is 0 Å². The highest BCUT2D eigenvalue weighted by atomic mass is 16.5. The maximum absolute atomic E-state index is 12.2. The van der Waals surface area contributed by atoms with E-state index in [0.717, 1.165) is 18.5 Å². The van der Waals surface area contributed by atoms with Gasteiger partial charge in [-0.15, -0.1) is 0 Å². The molecule has 0 aromatic heterocycles. The topological polar surface area (TPSA) is 67.4 Å². The molecule has 0 heterocycles. The van der Waals surface area contributed by atoms with E-state index in [9.17, 15) is 9.59 Å². The zero-order chi connectivity index (χ0) is 18.5. The molecule has 4 atom stereocenters. The molecule has 3 rings (SSSR count). The van der Waals surface area contributed by atoms with Crippen molar-refractivity contribution in [2.45, 2.75) is 52.1 Å². The molecule has 2 fully saturated rings. The lowest BCUT2D eigenvalue weighted by Crippen LogP contribution is -2.31. The van der Waals surface area contributed by atoms with Gasteiger partial charge in [0.1, 0.15) is 0 Å². The third-order valence-corrected chi connectivity index (χ3v) is 5.61. The molecule has 2 N–H and O–H groups in total. The van der Waals surface area contributed by atoms with Crippen LogP contribution in [-0.4, -0.2) is 31.1 Å². The number of anilines is 1. The standard InChI is InChI=1S/C21H30N2O3/c1-14-5-3-4-6-19(14)26-12-11-22-20(24)16-7-9-17(10-8-16)23-21(25)18-13-15(18)2/h7-10,14-15,18-19H,3-6,11-13H2,1-2H3,(H,22,24)(H,23,25). The van der Waals surface area contributed by atoms with Crippen LogP contribution in [0, 0.1) is 17.8 Å². The second-order valence-electron chi connectivity index (χ2n) is 7.81. The van der Waals surface area contributed by atoms with E-state index in [2.05, 4.69) is 24.5 Å². The predicted molar refractivity (Wildman–Crippen MR) is 102 cm³/mol. The van der Waals surface area contributed by atoms with Gasteiger partial charge in [0.15, 0.2) is 0 Å². The molecule has 2 aliphatic rings. The van der Waals surface area contributed by atoms with Crippen molar-refractivity contribution < 1.29 is 14.3 Å². The third-order valence-electron chi connectivity index (χ3n) is 5.61. The molecule has 5 heteroatoms. The molecule has 0 bridgehead atoms. The van der Waals surface area contributed by atoms with Gasteiger partial charge < -0.3 is 15.4 Å². The van der Waals surface area contributed by atoms with Gasteiger partial charge in [0.25, 0.3) is 5.91 Å². The molecule has 5 nitrogen and oxygen atoms in total. The summed E-state index contributed by atoms with van der Waals surface area (Å²) in [5.74, 6) is 1.20. The Morgan fingerprint density at radius 1 is 1.08 bits per heavy atom. The van der Waals surface area contributed by atoms with Crippen molar-refractivity contribution in [3.05, 3.63) is 29.8 Å². The van der Waals surface area contributed by atoms with Crippen molar-refractivity contribution in [1.29, 1.82) is 0 Å². The summed E-state index contributed by atoms with van der Waals surface area (Å²) in [5, 5.41) is 5.80. The molecule has 0 saturated heterocycles. The molecule has 1 aromatic rings. The number of carbonyl (C=O) groups is 2. The molecule has 0 spiro atoms. The number of hydrogen-bond acceptors (Lipinski definition) is 3. The van der Waals surface area contributed by atoms with Crippen molar-refractivity contribution in [3.63, 3.8) is 0 Å². The van der Waals surface area contributed by atoms with E-state index in [4.69, 9.17) is 4.74 Å². The third kappa shape index (κ3) is 5.07. The number of carbonyl (C=O) groups excluding carboxylic acids is 2. The fourth-order valence-electron chi connectivity index (χ4n) is 3.63. The maximum Gasteiger partial charge on any atom is 0.251 e. The number of nitrogens with one attached hydrogen (secondary N) is 2. The smallest absolute Gasteiger partial charge is 0.251 e. The lowest BCUT2D eigenvalue weighted by atomic mass is 9.88. The normalized spacial score (nSPS) is 27.6. The second kappa shape index (κ2) is 8.67. The highest BCUT2D eigenvalue weighted by molar-refractivity contribution is 5.96. The van der Waals surface area contributed by atoms with E-state index in [-0.39, 0.29) is 17.7 Å². The van der Waals surface area contributed by atoms with Crippen LogP contribution < -0.4 is 10.6 Å². The van der Waals surface area contributed by atoms with Gasteiger partial charge in [0.05, 0.1) is 12.7 Å². The Morgan fingerprint density at radius 2 is 1.77 bits per heavy atom. The van der Waals surface area contributed by atoms with E-state index in [1.54, 1.807) is 24.3 Å². The monoisotopic (exact) mass is 358 g/mol. The van der Waals surface area contributed by atoms with Gasteiger partial charge in [-0.05, 0) is 55.4 Å². The molecule has 1 aromatic carbocycles. The number of ether oxygens (including phenoxy) is 1. The first-order valence-corrected chi connectivity index (χ1v) is 9.85.